The third-order valence-electron chi connectivity index (χ3n) is 3.06. The number of unbranched alkanes of at least 4 members (excludes halogenated alkanes) is 11. The third kappa shape index (κ3) is 17.1. The Kier molecular flexibility index (Phi) is 21.5. The standard InChI is InChI=1S/C14H31N.Ti/c1-2-3-4-5-6-7-8-9-10-11-12-13-14-15;/h2-15H2,1H3;. The van der Waals surface area contributed by atoms with E-state index in [0.717, 1.165) is 6.54 Å². The van der Waals surface area contributed by atoms with Crippen LogP contribution in [0.25, 0.3) is 0 Å². The van der Waals surface area contributed by atoms with Gasteiger partial charge in [-0.2, -0.15) is 0 Å². The molecule has 0 atom stereocenters. The predicted molar refractivity (Wildman–Crippen MR) is 70.1 cm³/mol. The molecule has 0 fully saturated rings. The van der Waals surface area contributed by atoms with Crippen molar-refractivity contribution in [3.8, 4) is 0 Å². The summed E-state index contributed by atoms with van der Waals surface area (Å²) in [5.41, 5.74) is 5.45. The molecule has 0 aliphatic carbocycles. The molecule has 2 N–H and O–H groups in total. The molecule has 16 heavy (non-hydrogen) atoms. The minimum atomic E-state index is 0. The van der Waals surface area contributed by atoms with Crippen LogP contribution in [0.15, 0.2) is 0 Å². The third-order valence-corrected chi connectivity index (χ3v) is 3.06. The molecule has 96 valence electrons. The molecular weight excluding hydrogens is 230 g/mol. The van der Waals surface area contributed by atoms with Gasteiger partial charge in [-0.25, -0.2) is 0 Å². The van der Waals surface area contributed by atoms with Gasteiger partial charge >= 0.3 is 0 Å². The molecular formula is C14H31NTi. The van der Waals surface area contributed by atoms with Gasteiger partial charge in [-0.3, -0.25) is 0 Å². The summed E-state index contributed by atoms with van der Waals surface area (Å²) in [4.78, 5) is 0. The van der Waals surface area contributed by atoms with Crippen molar-refractivity contribution in [3.05, 3.63) is 0 Å². The molecule has 0 amide bonds. The second-order valence-corrected chi connectivity index (χ2v) is 4.68. The van der Waals surface area contributed by atoms with Gasteiger partial charge in [-0.15, -0.1) is 0 Å². The van der Waals surface area contributed by atoms with Gasteiger partial charge in [0.2, 0.25) is 0 Å². The van der Waals surface area contributed by atoms with Gasteiger partial charge in [0.05, 0.1) is 0 Å². The molecule has 0 heterocycles. The summed E-state index contributed by atoms with van der Waals surface area (Å²) in [5.74, 6) is 0. The van der Waals surface area contributed by atoms with E-state index in [2.05, 4.69) is 6.92 Å². The fourth-order valence-corrected chi connectivity index (χ4v) is 1.99. The van der Waals surface area contributed by atoms with Crippen molar-refractivity contribution in [2.24, 2.45) is 5.73 Å². The van der Waals surface area contributed by atoms with Gasteiger partial charge in [0.15, 0.2) is 0 Å². The number of hydrogen-bond donors (Lipinski definition) is 1. The van der Waals surface area contributed by atoms with Crippen LogP contribution < -0.4 is 5.73 Å². The summed E-state index contributed by atoms with van der Waals surface area (Å²) in [5, 5.41) is 0. The van der Waals surface area contributed by atoms with Crippen molar-refractivity contribution in [2.45, 2.75) is 84.0 Å². The van der Waals surface area contributed by atoms with Gasteiger partial charge in [0.1, 0.15) is 0 Å². The van der Waals surface area contributed by atoms with Crippen LogP contribution in [0.5, 0.6) is 0 Å². The Morgan fingerprint density at radius 1 is 0.562 bits per heavy atom. The molecule has 0 spiro atoms. The Hall–Kier alpha value is 0.674. The summed E-state index contributed by atoms with van der Waals surface area (Å²) < 4.78 is 0. The molecule has 0 rings (SSSR count). The molecule has 0 bridgehead atoms. The molecule has 0 saturated heterocycles. The minimum Gasteiger partial charge on any atom is -0.330 e. The first kappa shape index (κ1) is 19.0. The van der Waals surface area contributed by atoms with Gasteiger partial charge < -0.3 is 5.73 Å². The Morgan fingerprint density at radius 3 is 1.19 bits per heavy atom. The molecule has 0 aromatic rings. The van der Waals surface area contributed by atoms with Crippen LogP contribution in [-0.4, -0.2) is 6.54 Å². The van der Waals surface area contributed by atoms with E-state index in [0.29, 0.717) is 0 Å². The van der Waals surface area contributed by atoms with Crippen LogP contribution in [0.4, 0.5) is 0 Å². The normalized spacial score (nSPS) is 10.1. The molecule has 0 aromatic carbocycles. The van der Waals surface area contributed by atoms with E-state index in [4.69, 9.17) is 5.73 Å². The van der Waals surface area contributed by atoms with E-state index >= 15 is 0 Å². The molecule has 0 unspecified atom stereocenters. The van der Waals surface area contributed by atoms with Crippen molar-refractivity contribution < 1.29 is 21.7 Å². The fraction of sp³-hybridized carbons (Fsp3) is 1.00. The van der Waals surface area contributed by atoms with Gasteiger partial charge in [-0.1, -0.05) is 77.6 Å². The second kappa shape index (κ2) is 18.1. The summed E-state index contributed by atoms with van der Waals surface area (Å²) in [6.07, 6.45) is 16.9. The fourth-order valence-electron chi connectivity index (χ4n) is 1.99. The molecule has 0 aliphatic rings. The van der Waals surface area contributed by atoms with Crippen LogP contribution in [0.2, 0.25) is 0 Å². The van der Waals surface area contributed by atoms with Crippen molar-refractivity contribution >= 4 is 0 Å². The molecule has 0 aliphatic heterocycles. The monoisotopic (exact) mass is 261 g/mol. The molecule has 0 radical (unpaired) electrons. The zero-order valence-corrected chi connectivity index (χ0v) is 12.8. The average Bonchev–Trinajstić information content (AvgIpc) is 2.26. The first-order valence-corrected chi connectivity index (χ1v) is 7.12. The van der Waals surface area contributed by atoms with Crippen molar-refractivity contribution in [1.82, 2.24) is 0 Å². The Bertz CT molecular complexity index is 94.9. The van der Waals surface area contributed by atoms with Crippen LogP contribution in [0.1, 0.15) is 84.0 Å². The summed E-state index contributed by atoms with van der Waals surface area (Å²) in [6.45, 7) is 3.15. The van der Waals surface area contributed by atoms with Crippen LogP contribution in [0.3, 0.4) is 0 Å². The summed E-state index contributed by atoms with van der Waals surface area (Å²) in [6, 6.07) is 0. The minimum absolute atomic E-state index is 0. The topological polar surface area (TPSA) is 26.0 Å². The van der Waals surface area contributed by atoms with E-state index in [9.17, 15) is 0 Å². The van der Waals surface area contributed by atoms with Crippen molar-refractivity contribution in [1.29, 1.82) is 0 Å². The van der Waals surface area contributed by atoms with Crippen molar-refractivity contribution in [2.75, 3.05) is 6.54 Å². The summed E-state index contributed by atoms with van der Waals surface area (Å²) in [7, 11) is 0. The average molecular weight is 261 g/mol. The molecule has 2 heteroatoms. The number of rotatable bonds is 12. The van der Waals surface area contributed by atoms with Crippen LogP contribution >= 0.6 is 0 Å². The smallest absolute Gasteiger partial charge is 0 e. The van der Waals surface area contributed by atoms with E-state index in [1.165, 1.54) is 77.0 Å². The van der Waals surface area contributed by atoms with Gasteiger partial charge in [0.25, 0.3) is 0 Å². The molecule has 0 aromatic heterocycles. The quantitative estimate of drug-likeness (QED) is 0.402. The maximum atomic E-state index is 5.45. The largest absolute Gasteiger partial charge is 0.330 e. The van der Waals surface area contributed by atoms with Crippen LogP contribution in [0, 0.1) is 0 Å². The zero-order chi connectivity index (χ0) is 11.2. The van der Waals surface area contributed by atoms with E-state index < -0.39 is 0 Å². The van der Waals surface area contributed by atoms with Gasteiger partial charge in [-0.05, 0) is 13.0 Å². The Labute approximate surface area is 118 Å². The predicted octanol–water partition coefficient (Wildman–Crippen LogP) is 4.64. The maximum Gasteiger partial charge on any atom is 0 e. The zero-order valence-electron chi connectivity index (χ0n) is 11.3. The summed E-state index contributed by atoms with van der Waals surface area (Å²) >= 11 is 0. The van der Waals surface area contributed by atoms with E-state index in [1.54, 1.807) is 0 Å². The molecule has 1 nitrogen and oxygen atoms in total. The van der Waals surface area contributed by atoms with E-state index in [-0.39, 0.29) is 21.7 Å². The SMILES string of the molecule is CCCCCCCCCCCCCCN.[Ti]. The number of nitrogens with two attached hydrogens (primary N) is 1. The Balaban J connectivity index is 0. The van der Waals surface area contributed by atoms with E-state index in [1.807, 2.05) is 0 Å². The van der Waals surface area contributed by atoms with Crippen LogP contribution in [-0.2, 0) is 21.7 Å². The second-order valence-electron chi connectivity index (χ2n) is 4.68. The van der Waals surface area contributed by atoms with Gasteiger partial charge in [0, 0.05) is 21.7 Å². The van der Waals surface area contributed by atoms with Crippen molar-refractivity contribution in [3.63, 3.8) is 0 Å². The number of hydrogen-bond acceptors (Lipinski definition) is 1. The Morgan fingerprint density at radius 2 is 0.875 bits per heavy atom. The molecule has 0 saturated carbocycles. The maximum absolute atomic E-state index is 5.45. The first-order valence-electron chi connectivity index (χ1n) is 7.12. The first-order chi connectivity index (χ1) is 7.41.